The van der Waals surface area contributed by atoms with Gasteiger partial charge in [-0.15, -0.1) is 11.8 Å². The second-order valence-corrected chi connectivity index (χ2v) is 4.81. The number of aryl methyl sites for hydroxylation is 1. The van der Waals surface area contributed by atoms with Crippen LogP contribution in [0.5, 0.6) is 0 Å². The van der Waals surface area contributed by atoms with Crippen molar-refractivity contribution in [3.8, 4) is 0 Å². The van der Waals surface area contributed by atoms with Crippen LogP contribution in [-0.4, -0.2) is 35.7 Å². The number of hydrogen-bond donors (Lipinski definition) is 1. The number of anilines is 1. The van der Waals surface area contributed by atoms with Gasteiger partial charge >= 0.3 is 0 Å². The molecule has 17 heavy (non-hydrogen) atoms. The van der Waals surface area contributed by atoms with Gasteiger partial charge in [0.25, 0.3) is 0 Å². The molecule has 0 saturated heterocycles. The first-order chi connectivity index (χ1) is 8.20. The first kappa shape index (κ1) is 14.1. The molecule has 94 valence electrons. The lowest BCUT2D eigenvalue weighted by molar-refractivity contribution is -0.116. The van der Waals surface area contributed by atoms with Gasteiger partial charge < -0.3 is 10.0 Å². The zero-order valence-electron chi connectivity index (χ0n) is 10.3. The summed E-state index contributed by atoms with van der Waals surface area (Å²) in [6, 6.07) is 7.89. The van der Waals surface area contributed by atoms with Gasteiger partial charge in [0.2, 0.25) is 5.91 Å². The molecule has 0 aliphatic rings. The topological polar surface area (TPSA) is 40.5 Å². The number of hydrogen-bond acceptors (Lipinski definition) is 3. The van der Waals surface area contributed by atoms with Crippen molar-refractivity contribution in [3.05, 3.63) is 29.8 Å². The van der Waals surface area contributed by atoms with Gasteiger partial charge in [-0.2, -0.15) is 0 Å². The Morgan fingerprint density at radius 2 is 2.12 bits per heavy atom. The van der Waals surface area contributed by atoms with E-state index in [9.17, 15) is 4.79 Å². The molecule has 0 radical (unpaired) electrons. The second-order valence-electron chi connectivity index (χ2n) is 3.70. The summed E-state index contributed by atoms with van der Waals surface area (Å²) in [6.07, 6.45) is 0. The van der Waals surface area contributed by atoms with Crippen molar-refractivity contribution < 1.29 is 9.90 Å². The van der Waals surface area contributed by atoms with Crippen LogP contribution in [0, 0.1) is 6.92 Å². The molecule has 1 rings (SSSR count). The van der Waals surface area contributed by atoms with Crippen molar-refractivity contribution in [2.45, 2.75) is 13.8 Å². The zero-order valence-corrected chi connectivity index (χ0v) is 11.2. The number of aliphatic hydroxyl groups excluding tert-OH is 1. The van der Waals surface area contributed by atoms with Crippen LogP contribution < -0.4 is 4.90 Å². The van der Waals surface area contributed by atoms with Crippen LogP contribution in [0.1, 0.15) is 12.5 Å². The van der Waals surface area contributed by atoms with E-state index in [1.54, 1.807) is 4.90 Å². The van der Waals surface area contributed by atoms with Gasteiger partial charge in [-0.25, -0.2) is 0 Å². The number of carbonyl (C=O) groups excluding carboxylic acids is 1. The summed E-state index contributed by atoms with van der Waals surface area (Å²) in [5.74, 6) is 1.13. The molecule has 0 spiro atoms. The fourth-order valence-corrected chi connectivity index (χ4v) is 2.25. The molecule has 0 aliphatic heterocycles. The normalized spacial score (nSPS) is 10.3. The van der Waals surface area contributed by atoms with Crippen LogP contribution in [0.15, 0.2) is 24.3 Å². The molecule has 4 heteroatoms. The SMILES string of the molecule is CCN(C(=O)CSCCO)c1ccccc1C. The number of amides is 1. The summed E-state index contributed by atoms with van der Waals surface area (Å²) in [5.41, 5.74) is 2.08. The summed E-state index contributed by atoms with van der Waals surface area (Å²) in [6.45, 7) is 4.77. The van der Waals surface area contributed by atoms with Crippen LogP contribution in [0.3, 0.4) is 0 Å². The van der Waals surface area contributed by atoms with Crippen molar-refractivity contribution in [1.82, 2.24) is 0 Å². The molecule has 0 heterocycles. The summed E-state index contributed by atoms with van der Waals surface area (Å²) >= 11 is 1.46. The fraction of sp³-hybridized carbons (Fsp3) is 0.462. The predicted molar refractivity (Wildman–Crippen MR) is 73.6 cm³/mol. The molecular weight excluding hydrogens is 234 g/mol. The van der Waals surface area contributed by atoms with E-state index in [-0.39, 0.29) is 12.5 Å². The van der Waals surface area contributed by atoms with Crippen molar-refractivity contribution in [2.24, 2.45) is 0 Å². The first-order valence-electron chi connectivity index (χ1n) is 5.75. The molecule has 0 aliphatic carbocycles. The standard InChI is InChI=1S/C13H19NO2S/c1-3-14(13(16)10-17-9-8-15)12-7-5-4-6-11(12)2/h4-7,15H,3,8-10H2,1-2H3. The number of nitrogens with zero attached hydrogens (tertiary/aromatic N) is 1. The monoisotopic (exact) mass is 253 g/mol. The smallest absolute Gasteiger partial charge is 0.236 e. The quantitative estimate of drug-likeness (QED) is 0.789. The highest BCUT2D eigenvalue weighted by atomic mass is 32.2. The van der Waals surface area contributed by atoms with Gasteiger partial charge in [0, 0.05) is 18.0 Å². The minimum atomic E-state index is 0.0975. The molecule has 0 unspecified atom stereocenters. The number of thioether (sulfide) groups is 1. The van der Waals surface area contributed by atoms with E-state index >= 15 is 0 Å². The van der Waals surface area contributed by atoms with E-state index in [0.29, 0.717) is 18.1 Å². The Balaban J connectivity index is 2.71. The molecule has 0 aromatic heterocycles. The maximum Gasteiger partial charge on any atom is 0.236 e. The Kier molecular flexibility index (Phi) is 6.08. The lowest BCUT2D eigenvalue weighted by Crippen LogP contribution is -2.32. The van der Waals surface area contributed by atoms with Crippen molar-refractivity contribution in [1.29, 1.82) is 0 Å². The molecular formula is C13H19NO2S. The maximum absolute atomic E-state index is 12.0. The van der Waals surface area contributed by atoms with E-state index < -0.39 is 0 Å². The third kappa shape index (κ3) is 4.06. The van der Waals surface area contributed by atoms with Gasteiger partial charge in [-0.05, 0) is 25.5 Å². The van der Waals surface area contributed by atoms with Gasteiger partial charge in [-0.3, -0.25) is 4.79 Å². The van der Waals surface area contributed by atoms with Gasteiger partial charge in [0.1, 0.15) is 0 Å². The number of para-hydroxylation sites is 1. The van der Waals surface area contributed by atoms with E-state index in [2.05, 4.69) is 0 Å². The number of rotatable bonds is 6. The Morgan fingerprint density at radius 1 is 1.41 bits per heavy atom. The molecule has 1 aromatic carbocycles. The Hall–Kier alpha value is -1.00. The molecule has 0 atom stereocenters. The van der Waals surface area contributed by atoms with Crippen LogP contribution >= 0.6 is 11.8 Å². The summed E-state index contributed by atoms with van der Waals surface area (Å²) < 4.78 is 0. The molecule has 1 aromatic rings. The molecule has 1 amide bonds. The molecule has 3 nitrogen and oxygen atoms in total. The van der Waals surface area contributed by atoms with E-state index in [1.807, 2.05) is 38.1 Å². The van der Waals surface area contributed by atoms with Crippen LogP contribution in [0.2, 0.25) is 0 Å². The van der Waals surface area contributed by atoms with Gasteiger partial charge in [0.05, 0.1) is 12.4 Å². The molecule has 0 bridgehead atoms. The Bertz CT molecular complexity index is 368. The lowest BCUT2D eigenvalue weighted by atomic mass is 10.2. The fourth-order valence-electron chi connectivity index (χ4n) is 1.65. The molecule has 0 fully saturated rings. The lowest BCUT2D eigenvalue weighted by Gasteiger charge is -2.22. The van der Waals surface area contributed by atoms with Crippen LogP contribution in [0.4, 0.5) is 5.69 Å². The highest BCUT2D eigenvalue weighted by molar-refractivity contribution is 7.99. The summed E-state index contributed by atoms with van der Waals surface area (Å²) in [4.78, 5) is 13.8. The van der Waals surface area contributed by atoms with Crippen molar-refractivity contribution >= 4 is 23.4 Å². The average molecular weight is 253 g/mol. The number of aliphatic hydroxyl groups is 1. The van der Waals surface area contributed by atoms with Gasteiger partial charge in [-0.1, -0.05) is 18.2 Å². The maximum atomic E-state index is 12.0. The van der Waals surface area contributed by atoms with Crippen LogP contribution in [0.25, 0.3) is 0 Å². The van der Waals surface area contributed by atoms with E-state index in [4.69, 9.17) is 5.11 Å². The summed E-state index contributed by atoms with van der Waals surface area (Å²) in [7, 11) is 0. The first-order valence-corrected chi connectivity index (χ1v) is 6.90. The van der Waals surface area contributed by atoms with Crippen molar-refractivity contribution in [3.63, 3.8) is 0 Å². The summed E-state index contributed by atoms with van der Waals surface area (Å²) in [5, 5.41) is 8.69. The third-order valence-electron chi connectivity index (χ3n) is 2.48. The van der Waals surface area contributed by atoms with E-state index in [0.717, 1.165) is 11.3 Å². The number of benzene rings is 1. The largest absolute Gasteiger partial charge is 0.396 e. The Morgan fingerprint density at radius 3 is 2.71 bits per heavy atom. The number of carbonyl (C=O) groups is 1. The van der Waals surface area contributed by atoms with Crippen molar-refractivity contribution in [2.75, 3.05) is 29.6 Å². The minimum Gasteiger partial charge on any atom is -0.396 e. The third-order valence-corrected chi connectivity index (χ3v) is 3.41. The zero-order chi connectivity index (χ0) is 12.7. The predicted octanol–water partition coefficient (Wildman–Crippen LogP) is 2.07. The Labute approximate surface area is 107 Å². The second kappa shape index (κ2) is 7.35. The average Bonchev–Trinajstić information content (AvgIpc) is 2.33. The highest BCUT2D eigenvalue weighted by Crippen LogP contribution is 2.20. The molecule has 1 N–H and O–H groups in total. The molecule has 0 saturated carbocycles. The minimum absolute atomic E-state index is 0.0975. The van der Waals surface area contributed by atoms with Gasteiger partial charge in [0.15, 0.2) is 0 Å². The highest BCUT2D eigenvalue weighted by Gasteiger charge is 2.14. The van der Waals surface area contributed by atoms with Crippen LogP contribution in [-0.2, 0) is 4.79 Å². The van der Waals surface area contributed by atoms with E-state index in [1.165, 1.54) is 11.8 Å².